The summed E-state index contributed by atoms with van der Waals surface area (Å²) in [7, 11) is 0. The predicted octanol–water partition coefficient (Wildman–Crippen LogP) is 8.84. The van der Waals surface area contributed by atoms with E-state index >= 15 is 0 Å². The Hall–Kier alpha value is -4.88. The van der Waals surface area contributed by atoms with Crippen molar-refractivity contribution in [2.75, 3.05) is 0 Å². The van der Waals surface area contributed by atoms with Gasteiger partial charge in [-0.2, -0.15) is 5.26 Å². The van der Waals surface area contributed by atoms with Crippen LogP contribution in [0.2, 0.25) is 0 Å². The van der Waals surface area contributed by atoms with E-state index in [0.29, 0.717) is 27.7 Å². The maximum Gasteiger partial charge on any atom is 0.139 e. The summed E-state index contributed by atoms with van der Waals surface area (Å²) in [5, 5.41) is 11.4. The molecule has 3 aromatic heterocycles. The summed E-state index contributed by atoms with van der Waals surface area (Å²) >= 11 is 0. The second-order valence-electron chi connectivity index (χ2n) is 8.98. The zero-order chi connectivity index (χ0) is 30.8. The smallest absolute Gasteiger partial charge is 0.139 e. The van der Waals surface area contributed by atoms with Crippen molar-refractivity contribution >= 4 is 21.9 Å². The molecule has 0 aliphatic rings. The fourth-order valence-corrected chi connectivity index (χ4v) is 4.54. The Labute approximate surface area is 257 Å². The van der Waals surface area contributed by atoms with E-state index in [9.17, 15) is 5.26 Å². The van der Waals surface area contributed by atoms with Gasteiger partial charge in [-0.05, 0) is 36.0 Å². The third-order valence-electron chi connectivity index (χ3n) is 6.40. The number of furan rings is 1. The first kappa shape index (κ1) is 22.9. The van der Waals surface area contributed by atoms with Crippen LogP contribution in [0, 0.1) is 30.4 Å². The Balaban J connectivity index is 0.000000240. The number of fused-ring (bicyclic) bond motifs is 3. The second kappa shape index (κ2) is 12.5. The number of benzene rings is 4. The third kappa shape index (κ3) is 5.71. The van der Waals surface area contributed by atoms with Crippen LogP contribution >= 0.6 is 0 Å². The fraction of sp³-hybridized carbons (Fsp3) is 0.0278. The van der Waals surface area contributed by atoms with Crippen LogP contribution in [0.3, 0.4) is 0 Å². The number of hydrogen-bond donors (Lipinski definition) is 0. The molecule has 0 unspecified atom stereocenters. The molecule has 0 amide bonds. The molecule has 199 valence electrons. The first-order valence-electron chi connectivity index (χ1n) is 14.6. The van der Waals surface area contributed by atoms with E-state index in [0.717, 1.165) is 27.8 Å². The molecule has 7 rings (SSSR count). The maximum absolute atomic E-state index is 9.91. The molecule has 0 N–H and O–H groups in total. The Kier molecular flexibility index (Phi) is 6.99. The number of aromatic nitrogens is 2. The van der Waals surface area contributed by atoms with E-state index in [-0.39, 0.29) is 44.1 Å². The predicted molar refractivity (Wildman–Crippen MR) is 159 cm³/mol. The average molecular weight is 710 g/mol. The van der Waals surface area contributed by atoms with Gasteiger partial charge >= 0.3 is 0 Å². The van der Waals surface area contributed by atoms with Gasteiger partial charge in [-0.25, -0.2) is 0 Å². The summed E-state index contributed by atoms with van der Waals surface area (Å²) in [6.07, 6.45) is 1.44. The molecular formula is C36H23IrN3O-2. The van der Waals surface area contributed by atoms with Gasteiger partial charge in [0.2, 0.25) is 0 Å². The monoisotopic (exact) mass is 710 g/mol. The van der Waals surface area contributed by atoms with Crippen molar-refractivity contribution < 1.29 is 30.0 Å². The van der Waals surface area contributed by atoms with Crippen molar-refractivity contribution in [1.29, 1.82) is 5.26 Å². The Bertz CT molecular complexity index is 2200. The van der Waals surface area contributed by atoms with Crippen molar-refractivity contribution in [2.45, 2.75) is 6.92 Å². The van der Waals surface area contributed by atoms with Crippen LogP contribution < -0.4 is 0 Å². The molecule has 0 aliphatic carbocycles. The number of hydrogen-bond acceptors (Lipinski definition) is 4. The number of nitriles is 1. The normalized spacial score (nSPS) is 11.7. The van der Waals surface area contributed by atoms with Crippen molar-refractivity contribution in [1.82, 2.24) is 9.97 Å². The van der Waals surface area contributed by atoms with Gasteiger partial charge in [0.15, 0.2) is 0 Å². The summed E-state index contributed by atoms with van der Waals surface area (Å²) < 4.78 is 37.9. The summed E-state index contributed by atoms with van der Waals surface area (Å²) in [5.41, 5.74) is 6.47. The molecule has 4 aromatic carbocycles. The maximum atomic E-state index is 9.91. The molecule has 0 bridgehead atoms. The van der Waals surface area contributed by atoms with E-state index in [1.807, 2.05) is 79.0 Å². The summed E-state index contributed by atoms with van der Waals surface area (Å²) in [4.78, 5) is 8.33. The minimum Gasteiger partial charge on any atom is -0.499 e. The van der Waals surface area contributed by atoms with Gasteiger partial charge in [-0.15, -0.1) is 54.1 Å². The van der Waals surface area contributed by atoms with Gasteiger partial charge in [0.05, 0.1) is 11.1 Å². The van der Waals surface area contributed by atoms with Crippen LogP contribution in [0.1, 0.15) is 16.6 Å². The Morgan fingerprint density at radius 2 is 1.66 bits per heavy atom. The molecule has 4 nitrogen and oxygen atoms in total. The van der Waals surface area contributed by atoms with Gasteiger partial charge in [-0.3, -0.25) is 0 Å². The second-order valence-corrected chi connectivity index (χ2v) is 8.98. The molecule has 0 saturated carbocycles. The molecule has 0 saturated heterocycles. The molecule has 1 radical (unpaired) electrons. The third-order valence-corrected chi connectivity index (χ3v) is 6.40. The molecule has 7 aromatic rings. The quantitative estimate of drug-likeness (QED) is 0.172. The topological polar surface area (TPSA) is 62.7 Å². The summed E-state index contributed by atoms with van der Waals surface area (Å²) in [6, 6.07) is 36.1. The zero-order valence-electron chi connectivity index (χ0n) is 25.8. The summed E-state index contributed by atoms with van der Waals surface area (Å²) in [5.74, 6) is 0. The summed E-state index contributed by atoms with van der Waals surface area (Å²) in [6.45, 7) is 2.06. The van der Waals surface area contributed by atoms with Crippen LogP contribution in [0.5, 0.6) is 0 Å². The van der Waals surface area contributed by atoms with Crippen LogP contribution in [0.25, 0.3) is 55.6 Å². The Morgan fingerprint density at radius 3 is 2.44 bits per heavy atom. The molecular weight excluding hydrogens is 683 g/mol. The average Bonchev–Trinajstić information content (AvgIpc) is 3.45. The van der Waals surface area contributed by atoms with Gasteiger partial charge in [-0.1, -0.05) is 77.1 Å². The van der Waals surface area contributed by atoms with Crippen LogP contribution in [0.15, 0.2) is 126 Å². The van der Waals surface area contributed by atoms with E-state index < -0.39 is 6.04 Å². The molecule has 0 atom stereocenters. The minimum absolute atomic E-state index is 0. The van der Waals surface area contributed by atoms with Gasteiger partial charge < -0.3 is 14.4 Å². The van der Waals surface area contributed by atoms with E-state index in [1.54, 1.807) is 12.1 Å². The molecule has 41 heavy (non-hydrogen) atoms. The number of pyridine rings is 2. The van der Waals surface area contributed by atoms with Crippen LogP contribution in [-0.2, 0) is 20.1 Å². The van der Waals surface area contributed by atoms with Crippen molar-refractivity contribution in [3.8, 4) is 39.7 Å². The number of rotatable bonds is 3. The zero-order valence-corrected chi connectivity index (χ0v) is 24.2. The van der Waals surface area contributed by atoms with Crippen molar-refractivity contribution in [3.63, 3.8) is 0 Å². The first-order chi connectivity index (χ1) is 21.4. The minimum atomic E-state index is -0.398. The van der Waals surface area contributed by atoms with Crippen LogP contribution in [0.4, 0.5) is 0 Å². The fourth-order valence-electron chi connectivity index (χ4n) is 4.54. The van der Waals surface area contributed by atoms with Crippen molar-refractivity contribution in [2.24, 2.45) is 0 Å². The molecule has 0 fully saturated rings. The first-order valence-corrected chi connectivity index (χ1v) is 12.6. The van der Waals surface area contributed by atoms with E-state index in [4.69, 9.17) is 9.90 Å². The van der Waals surface area contributed by atoms with Crippen LogP contribution in [-0.4, -0.2) is 9.97 Å². The Morgan fingerprint density at radius 1 is 0.829 bits per heavy atom. The SMILES string of the molecule is Cc1ccnc(-c2[c-]cccc2)c1.[2H]c1nc(-c2[c-]ccc3c2oc2c(C#N)c(-c4ccccc4)ccc23)c([2H])c([2H])c1[2H].[Ir]. The molecule has 0 spiro atoms. The molecule has 5 heteroatoms. The van der Waals surface area contributed by atoms with Crippen molar-refractivity contribution in [3.05, 3.63) is 145 Å². The molecule has 0 aliphatic heterocycles. The van der Waals surface area contributed by atoms with E-state index in [2.05, 4.69) is 41.2 Å². The van der Waals surface area contributed by atoms with Gasteiger partial charge in [0.25, 0.3) is 0 Å². The van der Waals surface area contributed by atoms with Gasteiger partial charge in [0.1, 0.15) is 17.2 Å². The standard InChI is InChI=1S/C24H13N2O.C12H10N.Ir/c25-15-21-17(16-7-2-1-3-8-16)12-13-19-18-9-6-10-20(23(18)27-24(19)21)22-11-4-5-14-26-22;1-10-7-8-13-12(9-10)11-5-3-2-4-6-11;/h1-9,11-14H;2-5,7-9H,1H3;/q2*-1;/i4D,5D,11D,14D;;. The van der Waals surface area contributed by atoms with E-state index in [1.165, 1.54) is 5.56 Å². The van der Waals surface area contributed by atoms with Gasteiger partial charge in [0, 0.05) is 43.4 Å². The number of aryl methyl sites for hydroxylation is 1. The number of nitrogens with zero attached hydrogens (tertiary/aromatic N) is 3. The molecule has 3 heterocycles. The largest absolute Gasteiger partial charge is 0.499 e.